The van der Waals surface area contributed by atoms with Gasteiger partial charge in [-0.05, 0) is 24.1 Å². The number of rotatable bonds is 3. The summed E-state index contributed by atoms with van der Waals surface area (Å²) < 4.78 is 13.5. The highest BCUT2D eigenvalue weighted by Crippen LogP contribution is 2.22. The van der Waals surface area contributed by atoms with E-state index in [2.05, 4.69) is 10.3 Å². The Morgan fingerprint density at radius 2 is 2.21 bits per heavy atom. The van der Waals surface area contributed by atoms with Gasteiger partial charge in [0.1, 0.15) is 5.82 Å². The lowest BCUT2D eigenvalue weighted by Crippen LogP contribution is -2.14. The van der Waals surface area contributed by atoms with Crippen LogP contribution in [0.15, 0.2) is 23.6 Å². The largest absolute Gasteiger partial charge is 0.399 e. The molecule has 3 N–H and O–H groups in total. The molecule has 1 aromatic carbocycles. The number of anilines is 2. The number of amides is 1. The van der Waals surface area contributed by atoms with Crippen molar-refractivity contribution in [2.24, 2.45) is 0 Å². The van der Waals surface area contributed by atoms with E-state index in [1.54, 1.807) is 0 Å². The maximum Gasteiger partial charge on any atom is 0.260 e. The molecule has 0 aliphatic rings. The van der Waals surface area contributed by atoms with E-state index in [1.165, 1.54) is 29.5 Å². The van der Waals surface area contributed by atoms with E-state index in [-0.39, 0.29) is 11.5 Å². The van der Waals surface area contributed by atoms with Gasteiger partial charge < -0.3 is 5.73 Å². The van der Waals surface area contributed by atoms with Crippen molar-refractivity contribution in [2.75, 3.05) is 11.1 Å². The van der Waals surface area contributed by atoms with Crippen LogP contribution in [0.1, 0.15) is 35.8 Å². The highest BCUT2D eigenvalue weighted by Gasteiger charge is 2.14. The Morgan fingerprint density at radius 1 is 1.47 bits per heavy atom. The number of halogens is 1. The second-order valence-electron chi connectivity index (χ2n) is 4.43. The van der Waals surface area contributed by atoms with Crippen LogP contribution in [0.2, 0.25) is 0 Å². The van der Waals surface area contributed by atoms with E-state index in [1.807, 2.05) is 19.2 Å². The van der Waals surface area contributed by atoms with Gasteiger partial charge in [-0.3, -0.25) is 10.1 Å². The zero-order valence-corrected chi connectivity index (χ0v) is 11.4. The van der Waals surface area contributed by atoms with Crippen LogP contribution >= 0.6 is 11.3 Å². The lowest BCUT2D eigenvalue weighted by atomic mass is 10.2. The van der Waals surface area contributed by atoms with Gasteiger partial charge in [-0.25, -0.2) is 9.37 Å². The Bertz CT molecular complexity index is 610. The van der Waals surface area contributed by atoms with E-state index in [0.717, 1.165) is 5.69 Å². The molecule has 4 nitrogen and oxygen atoms in total. The molecule has 6 heteroatoms. The monoisotopic (exact) mass is 279 g/mol. The maximum atomic E-state index is 13.5. The molecule has 0 saturated heterocycles. The predicted molar refractivity (Wildman–Crippen MR) is 75.0 cm³/mol. The van der Waals surface area contributed by atoms with Gasteiger partial charge in [-0.1, -0.05) is 13.8 Å². The summed E-state index contributed by atoms with van der Waals surface area (Å²) in [4.78, 5) is 16.2. The van der Waals surface area contributed by atoms with Crippen LogP contribution in [0.25, 0.3) is 0 Å². The highest BCUT2D eigenvalue weighted by molar-refractivity contribution is 7.14. The summed E-state index contributed by atoms with van der Waals surface area (Å²) in [6, 6.07) is 3.89. The number of carbonyl (C=O) groups excluding carboxylic acids is 1. The fraction of sp³-hybridized carbons (Fsp3) is 0.231. The summed E-state index contributed by atoms with van der Waals surface area (Å²) in [5.74, 6) is -0.868. The van der Waals surface area contributed by atoms with Gasteiger partial charge in [0.25, 0.3) is 5.91 Å². The first-order valence-corrected chi connectivity index (χ1v) is 6.67. The van der Waals surface area contributed by atoms with E-state index >= 15 is 0 Å². The number of nitrogen functional groups attached to an aromatic ring is 1. The number of hydrogen-bond acceptors (Lipinski definition) is 4. The lowest BCUT2D eigenvalue weighted by molar-refractivity contribution is 0.102. The number of nitrogens with zero attached hydrogens (tertiary/aromatic N) is 1. The van der Waals surface area contributed by atoms with Crippen LogP contribution < -0.4 is 11.1 Å². The Balaban J connectivity index is 2.18. The summed E-state index contributed by atoms with van der Waals surface area (Å²) in [5, 5.41) is 4.90. The van der Waals surface area contributed by atoms with Crippen molar-refractivity contribution in [1.29, 1.82) is 0 Å². The Labute approximate surface area is 114 Å². The minimum atomic E-state index is -0.604. The fourth-order valence-electron chi connectivity index (χ4n) is 1.49. The summed E-state index contributed by atoms with van der Waals surface area (Å²) in [6.07, 6.45) is 0. The molecular weight excluding hydrogens is 265 g/mol. The summed E-state index contributed by atoms with van der Waals surface area (Å²) in [5.41, 5.74) is 6.70. The maximum absolute atomic E-state index is 13.5. The molecule has 1 amide bonds. The highest BCUT2D eigenvalue weighted by atomic mass is 32.1. The van der Waals surface area contributed by atoms with Gasteiger partial charge >= 0.3 is 0 Å². The molecule has 0 radical (unpaired) electrons. The molecule has 0 atom stereocenters. The van der Waals surface area contributed by atoms with Crippen molar-refractivity contribution < 1.29 is 9.18 Å². The minimum absolute atomic E-state index is 0.0821. The van der Waals surface area contributed by atoms with Gasteiger partial charge in [-0.2, -0.15) is 0 Å². The van der Waals surface area contributed by atoms with Crippen LogP contribution in [-0.2, 0) is 0 Å². The minimum Gasteiger partial charge on any atom is -0.399 e. The van der Waals surface area contributed by atoms with E-state index < -0.39 is 11.7 Å². The first-order chi connectivity index (χ1) is 8.97. The van der Waals surface area contributed by atoms with Crippen molar-refractivity contribution in [3.05, 3.63) is 40.7 Å². The molecule has 2 rings (SSSR count). The first kappa shape index (κ1) is 13.5. The van der Waals surface area contributed by atoms with Crippen molar-refractivity contribution in [1.82, 2.24) is 4.98 Å². The van der Waals surface area contributed by atoms with Crippen molar-refractivity contribution in [3.8, 4) is 0 Å². The Kier molecular flexibility index (Phi) is 3.80. The molecule has 0 fully saturated rings. The molecule has 0 spiro atoms. The van der Waals surface area contributed by atoms with Gasteiger partial charge in [0.05, 0.1) is 11.3 Å². The molecule has 0 aliphatic carbocycles. The van der Waals surface area contributed by atoms with E-state index in [9.17, 15) is 9.18 Å². The van der Waals surface area contributed by atoms with Crippen LogP contribution in [0.3, 0.4) is 0 Å². The molecule has 0 unspecified atom stereocenters. The summed E-state index contributed by atoms with van der Waals surface area (Å²) in [7, 11) is 0. The normalized spacial score (nSPS) is 10.7. The molecule has 1 heterocycles. The zero-order chi connectivity index (χ0) is 14.0. The molecule has 19 heavy (non-hydrogen) atoms. The van der Waals surface area contributed by atoms with Gasteiger partial charge in [0.15, 0.2) is 5.13 Å². The first-order valence-electron chi connectivity index (χ1n) is 5.79. The molecule has 1 aromatic heterocycles. The zero-order valence-electron chi connectivity index (χ0n) is 10.6. The average Bonchev–Trinajstić information content (AvgIpc) is 2.80. The molecule has 100 valence electrons. The Morgan fingerprint density at radius 3 is 2.84 bits per heavy atom. The van der Waals surface area contributed by atoms with Crippen molar-refractivity contribution >= 4 is 28.1 Å². The molecule has 0 saturated carbocycles. The van der Waals surface area contributed by atoms with E-state index in [0.29, 0.717) is 10.8 Å². The van der Waals surface area contributed by atoms with Crippen LogP contribution in [0.5, 0.6) is 0 Å². The predicted octanol–water partition coefficient (Wildman–Crippen LogP) is 3.24. The number of benzene rings is 1. The third kappa shape index (κ3) is 3.08. The molecular formula is C13H14FN3OS. The standard InChI is InChI=1S/C13H14FN3OS/c1-7(2)11-6-19-13(16-11)17-12(18)9-5-8(15)3-4-10(9)14/h3-7H,15H2,1-2H3,(H,16,17,18). The third-order valence-electron chi connectivity index (χ3n) is 2.57. The number of hydrogen-bond donors (Lipinski definition) is 2. The number of nitrogens with one attached hydrogen (secondary N) is 1. The van der Waals surface area contributed by atoms with Crippen LogP contribution in [0.4, 0.5) is 15.2 Å². The topological polar surface area (TPSA) is 68.0 Å². The third-order valence-corrected chi connectivity index (χ3v) is 3.34. The fourth-order valence-corrected chi connectivity index (χ4v) is 2.36. The smallest absolute Gasteiger partial charge is 0.260 e. The number of aromatic nitrogens is 1. The quantitative estimate of drug-likeness (QED) is 0.847. The SMILES string of the molecule is CC(C)c1csc(NC(=O)c2cc(N)ccc2F)n1. The summed E-state index contributed by atoms with van der Waals surface area (Å²) >= 11 is 1.31. The Hall–Kier alpha value is -1.95. The van der Waals surface area contributed by atoms with Crippen LogP contribution in [0, 0.1) is 5.82 Å². The van der Waals surface area contributed by atoms with Gasteiger partial charge in [0, 0.05) is 11.1 Å². The van der Waals surface area contributed by atoms with Crippen LogP contribution in [-0.4, -0.2) is 10.9 Å². The average molecular weight is 279 g/mol. The second kappa shape index (κ2) is 5.36. The van der Waals surface area contributed by atoms with Gasteiger partial charge in [0.2, 0.25) is 0 Å². The summed E-state index contributed by atoms with van der Waals surface area (Å²) in [6.45, 7) is 4.02. The lowest BCUT2D eigenvalue weighted by Gasteiger charge is -2.04. The second-order valence-corrected chi connectivity index (χ2v) is 5.28. The van der Waals surface area contributed by atoms with E-state index in [4.69, 9.17) is 5.73 Å². The number of thiazole rings is 1. The number of carbonyl (C=O) groups is 1. The molecule has 2 aromatic rings. The van der Waals surface area contributed by atoms with Gasteiger partial charge in [-0.15, -0.1) is 11.3 Å². The molecule has 0 aliphatic heterocycles. The van der Waals surface area contributed by atoms with Crippen molar-refractivity contribution in [2.45, 2.75) is 19.8 Å². The molecule has 0 bridgehead atoms. The number of nitrogens with two attached hydrogens (primary N) is 1. The van der Waals surface area contributed by atoms with Crippen molar-refractivity contribution in [3.63, 3.8) is 0 Å².